The van der Waals surface area contributed by atoms with Gasteiger partial charge in [-0.25, -0.2) is 9.69 Å². The second-order valence-corrected chi connectivity index (χ2v) is 5.87. The normalized spacial score (nSPS) is 13.9. The second kappa shape index (κ2) is 6.32. The monoisotopic (exact) mass is 332 g/mol. The Labute approximate surface area is 144 Å². The molecule has 1 aliphatic rings. The van der Waals surface area contributed by atoms with E-state index in [1.165, 1.54) is 9.69 Å². The van der Waals surface area contributed by atoms with Crippen LogP contribution in [0.15, 0.2) is 70.7 Å². The Morgan fingerprint density at radius 3 is 2.64 bits per heavy atom. The topological polar surface area (TPSA) is 67.6 Å². The fraction of sp³-hybridized carbons (Fsp3) is 0.158. The first-order chi connectivity index (χ1) is 12.2. The molecule has 0 saturated carbocycles. The molecule has 2 aromatic carbocycles. The SMILES string of the molecule is O=C(Cn1ncc2ccccc2c1=O)N1CCC(c2ccccc2)=N1. The first kappa shape index (κ1) is 15.3. The van der Waals surface area contributed by atoms with Crippen LogP contribution < -0.4 is 5.56 Å². The molecular weight excluding hydrogens is 316 g/mol. The third-order valence-corrected chi connectivity index (χ3v) is 4.24. The van der Waals surface area contributed by atoms with Crippen LogP contribution in [0.5, 0.6) is 0 Å². The minimum absolute atomic E-state index is 0.116. The van der Waals surface area contributed by atoms with E-state index in [0.29, 0.717) is 18.4 Å². The molecule has 0 fully saturated rings. The maximum Gasteiger partial charge on any atom is 0.275 e. The Kier molecular flexibility index (Phi) is 3.85. The molecule has 4 rings (SSSR count). The van der Waals surface area contributed by atoms with Crippen LogP contribution in [-0.2, 0) is 11.3 Å². The Balaban J connectivity index is 1.56. The van der Waals surface area contributed by atoms with Crippen LogP contribution in [0.3, 0.4) is 0 Å². The number of carbonyl (C=O) groups is 1. The molecule has 0 atom stereocenters. The van der Waals surface area contributed by atoms with E-state index in [-0.39, 0.29) is 18.0 Å². The fourth-order valence-corrected chi connectivity index (χ4v) is 2.92. The van der Waals surface area contributed by atoms with Gasteiger partial charge in [-0.15, -0.1) is 0 Å². The zero-order valence-corrected chi connectivity index (χ0v) is 13.5. The largest absolute Gasteiger partial charge is 0.275 e. The molecule has 0 bridgehead atoms. The van der Waals surface area contributed by atoms with Crippen LogP contribution in [0, 0.1) is 0 Å². The van der Waals surface area contributed by atoms with Gasteiger partial charge in [-0.3, -0.25) is 9.59 Å². The maximum atomic E-state index is 12.5. The molecule has 6 nitrogen and oxygen atoms in total. The van der Waals surface area contributed by atoms with Crippen LogP contribution in [0.4, 0.5) is 0 Å². The number of fused-ring (bicyclic) bond motifs is 1. The zero-order chi connectivity index (χ0) is 17.2. The van der Waals surface area contributed by atoms with Crippen LogP contribution in [-0.4, -0.2) is 33.0 Å². The molecule has 2 heterocycles. The predicted octanol–water partition coefficient (Wildman–Crippen LogP) is 2.03. The summed E-state index contributed by atoms with van der Waals surface area (Å²) in [7, 11) is 0. The van der Waals surface area contributed by atoms with Crippen molar-refractivity contribution < 1.29 is 4.79 Å². The average Bonchev–Trinajstić information content (AvgIpc) is 3.15. The smallest absolute Gasteiger partial charge is 0.271 e. The van der Waals surface area contributed by atoms with Crippen molar-refractivity contribution in [2.24, 2.45) is 5.10 Å². The van der Waals surface area contributed by atoms with E-state index in [2.05, 4.69) is 10.2 Å². The van der Waals surface area contributed by atoms with E-state index in [1.807, 2.05) is 42.5 Å². The highest BCUT2D eigenvalue weighted by molar-refractivity contribution is 6.02. The summed E-state index contributed by atoms with van der Waals surface area (Å²) >= 11 is 0. The van der Waals surface area contributed by atoms with Gasteiger partial charge in [-0.1, -0.05) is 48.5 Å². The van der Waals surface area contributed by atoms with Gasteiger partial charge in [0.15, 0.2) is 0 Å². The number of hydrogen-bond acceptors (Lipinski definition) is 4. The summed E-state index contributed by atoms with van der Waals surface area (Å²) < 4.78 is 1.20. The molecule has 25 heavy (non-hydrogen) atoms. The molecule has 3 aromatic rings. The molecule has 0 aliphatic carbocycles. The summed E-state index contributed by atoms with van der Waals surface area (Å²) in [5, 5.41) is 11.3. The molecule has 0 saturated heterocycles. The van der Waals surface area contributed by atoms with E-state index in [0.717, 1.165) is 16.7 Å². The van der Waals surface area contributed by atoms with Crippen LogP contribution in [0.25, 0.3) is 10.8 Å². The lowest BCUT2D eigenvalue weighted by Crippen LogP contribution is -2.33. The highest BCUT2D eigenvalue weighted by atomic mass is 16.2. The summed E-state index contributed by atoms with van der Waals surface area (Å²) in [6, 6.07) is 17.0. The first-order valence-corrected chi connectivity index (χ1v) is 8.10. The number of hydrogen-bond donors (Lipinski definition) is 0. The minimum Gasteiger partial charge on any atom is -0.271 e. The molecule has 124 valence electrons. The number of rotatable bonds is 3. The third kappa shape index (κ3) is 2.94. The van der Waals surface area contributed by atoms with E-state index in [4.69, 9.17) is 0 Å². The lowest BCUT2D eigenvalue weighted by molar-refractivity contribution is -0.131. The molecule has 1 aromatic heterocycles. The number of nitrogens with zero attached hydrogens (tertiary/aromatic N) is 4. The standard InChI is InChI=1S/C19H16N4O2/c24-18(22-11-10-17(21-22)14-6-2-1-3-7-14)13-23-19(25)16-9-5-4-8-15(16)12-20-23/h1-9,12H,10-11,13H2. The molecule has 0 N–H and O–H groups in total. The van der Waals surface area contributed by atoms with Crippen molar-refractivity contribution in [3.8, 4) is 0 Å². The molecule has 0 unspecified atom stereocenters. The highest BCUT2D eigenvalue weighted by Gasteiger charge is 2.22. The number of benzene rings is 2. The van der Waals surface area contributed by atoms with Gasteiger partial charge in [0.1, 0.15) is 6.54 Å². The Morgan fingerprint density at radius 1 is 1.04 bits per heavy atom. The predicted molar refractivity (Wildman–Crippen MR) is 95.3 cm³/mol. The highest BCUT2D eigenvalue weighted by Crippen LogP contribution is 2.14. The van der Waals surface area contributed by atoms with Gasteiger partial charge >= 0.3 is 0 Å². The Morgan fingerprint density at radius 2 is 1.80 bits per heavy atom. The Hall–Kier alpha value is -3.28. The van der Waals surface area contributed by atoms with Crippen molar-refractivity contribution in [2.45, 2.75) is 13.0 Å². The molecule has 1 aliphatic heterocycles. The van der Waals surface area contributed by atoms with Gasteiger partial charge in [0.05, 0.1) is 23.8 Å². The van der Waals surface area contributed by atoms with Crippen LogP contribution in [0.1, 0.15) is 12.0 Å². The van der Waals surface area contributed by atoms with Gasteiger partial charge in [-0.05, 0) is 11.6 Å². The van der Waals surface area contributed by atoms with Gasteiger partial charge in [0.2, 0.25) is 0 Å². The number of amides is 1. The molecular formula is C19H16N4O2. The van der Waals surface area contributed by atoms with Gasteiger partial charge in [0, 0.05) is 11.8 Å². The van der Waals surface area contributed by atoms with Crippen molar-refractivity contribution in [2.75, 3.05) is 6.54 Å². The van der Waals surface area contributed by atoms with Crippen molar-refractivity contribution >= 4 is 22.4 Å². The van der Waals surface area contributed by atoms with E-state index < -0.39 is 0 Å². The molecule has 1 amide bonds. The summed E-state index contributed by atoms with van der Waals surface area (Å²) in [6.07, 6.45) is 2.31. The maximum absolute atomic E-state index is 12.5. The zero-order valence-electron chi connectivity index (χ0n) is 13.5. The summed E-state index contributed by atoms with van der Waals surface area (Å²) in [6.45, 7) is 0.403. The second-order valence-electron chi connectivity index (χ2n) is 5.87. The van der Waals surface area contributed by atoms with Crippen molar-refractivity contribution in [3.63, 3.8) is 0 Å². The first-order valence-electron chi connectivity index (χ1n) is 8.10. The number of carbonyl (C=O) groups excluding carboxylic acids is 1. The average molecular weight is 332 g/mol. The van der Waals surface area contributed by atoms with Crippen molar-refractivity contribution in [1.29, 1.82) is 0 Å². The quantitative estimate of drug-likeness (QED) is 0.737. The summed E-state index contributed by atoms with van der Waals surface area (Å²) in [5.41, 5.74) is 1.63. The van der Waals surface area contributed by atoms with Crippen molar-refractivity contribution in [3.05, 3.63) is 76.7 Å². The summed E-state index contributed by atoms with van der Waals surface area (Å²) in [5.74, 6) is -0.240. The lowest BCUT2D eigenvalue weighted by Gasteiger charge is -2.12. The third-order valence-electron chi connectivity index (χ3n) is 4.24. The Bertz CT molecular complexity index is 1020. The van der Waals surface area contributed by atoms with Gasteiger partial charge in [-0.2, -0.15) is 10.2 Å². The van der Waals surface area contributed by atoms with Gasteiger partial charge in [0.25, 0.3) is 11.5 Å². The van der Waals surface area contributed by atoms with Crippen molar-refractivity contribution in [1.82, 2.24) is 14.8 Å². The molecule has 0 radical (unpaired) electrons. The number of hydrazone groups is 1. The van der Waals surface area contributed by atoms with E-state index in [9.17, 15) is 9.59 Å². The minimum atomic E-state index is -0.266. The van der Waals surface area contributed by atoms with Gasteiger partial charge < -0.3 is 0 Å². The molecule has 6 heteroatoms. The summed E-state index contributed by atoms with van der Waals surface area (Å²) in [4.78, 5) is 25.0. The van der Waals surface area contributed by atoms with E-state index >= 15 is 0 Å². The van der Waals surface area contributed by atoms with Crippen LogP contribution in [0.2, 0.25) is 0 Å². The van der Waals surface area contributed by atoms with Crippen LogP contribution >= 0.6 is 0 Å². The fourth-order valence-electron chi connectivity index (χ4n) is 2.92. The lowest BCUT2D eigenvalue weighted by atomic mass is 10.1. The number of aromatic nitrogens is 2. The molecule has 0 spiro atoms. The van der Waals surface area contributed by atoms with E-state index in [1.54, 1.807) is 18.3 Å².